The molecule has 0 spiro atoms. The molecule has 0 aromatic heterocycles. The molecule has 4 atom stereocenters. The molecule has 0 aliphatic carbocycles. The molecule has 114 valence electrons. The fraction of sp³-hybridized carbons (Fsp3) is 0.562. The molecular weight excluding hydrogens is 272 g/mol. The minimum atomic E-state index is -0.742. The Bertz CT molecular complexity index is 513. The molecule has 1 aromatic rings. The van der Waals surface area contributed by atoms with Crippen LogP contribution in [-0.2, 0) is 18.9 Å². The van der Waals surface area contributed by atoms with E-state index in [0.29, 0.717) is 5.56 Å². The number of esters is 1. The van der Waals surface area contributed by atoms with Crippen molar-refractivity contribution in [2.75, 3.05) is 0 Å². The molecule has 0 N–H and O–H groups in total. The van der Waals surface area contributed by atoms with Crippen LogP contribution in [0.5, 0.6) is 0 Å². The van der Waals surface area contributed by atoms with Gasteiger partial charge in [0.1, 0.15) is 6.10 Å². The van der Waals surface area contributed by atoms with Crippen LogP contribution in [0.25, 0.3) is 0 Å². The molecule has 2 fully saturated rings. The highest BCUT2D eigenvalue weighted by molar-refractivity contribution is 5.89. The van der Waals surface area contributed by atoms with Gasteiger partial charge in [0.05, 0.1) is 17.8 Å². The summed E-state index contributed by atoms with van der Waals surface area (Å²) in [5.74, 6) is -1.10. The molecule has 0 radical (unpaired) electrons. The van der Waals surface area contributed by atoms with Crippen molar-refractivity contribution in [3.05, 3.63) is 35.9 Å². The van der Waals surface area contributed by atoms with Gasteiger partial charge in [-0.2, -0.15) is 0 Å². The number of rotatable bonds is 2. The lowest BCUT2D eigenvalue weighted by molar-refractivity contribution is -0.225. The van der Waals surface area contributed by atoms with Crippen LogP contribution in [0.3, 0.4) is 0 Å². The minimum absolute atomic E-state index is 0.0441. The van der Waals surface area contributed by atoms with E-state index in [1.54, 1.807) is 24.3 Å². The van der Waals surface area contributed by atoms with E-state index in [4.69, 9.17) is 18.9 Å². The normalized spacial score (nSPS) is 34.2. The van der Waals surface area contributed by atoms with Gasteiger partial charge >= 0.3 is 5.97 Å². The third-order valence-electron chi connectivity index (χ3n) is 3.65. The molecule has 2 aliphatic rings. The molecular formula is C16H20O5. The van der Waals surface area contributed by atoms with Crippen molar-refractivity contribution in [1.82, 2.24) is 0 Å². The van der Waals surface area contributed by atoms with Crippen molar-refractivity contribution in [3.63, 3.8) is 0 Å². The van der Waals surface area contributed by atoms with E-state index in [9.17, 15) is 4.79 Å². The molecule has 0 amide bonds. The van der Waals surface area contributed by atoms with E-state index < -0.39 is 18.0 Å². The van der Waals surface area contributed by atoms with Crippen LogP contribution in [-0.4, -0.2) is 36.4 Å². The van der Waals surface area contributed by atoms with Crippen molar-refractivity contribution < 1.29 is 23.7 Å². The summed E-state index contributed by atoms with van der Waals surface area (Å²) in [4.78, 5) is 12.2. The van der Waals surface area contributed by atoms with Crippen LogP contribution < -0.4 is 0 Å². The zero-order valence-electron chi connectivity index (χ0n) is 12.4. The lowest BCUT2D eigenvalue weighted by Gasteiger charge is -2.34. The van der Waals surface area contributed by atoms with Crippen LogP contribution in [0.2, 0.25) is 0 Å². The standard InChI is InChI=1S/C16H20O5/c1-10-9-12-13(21-16(2,3)20-12)15(18-10)19-14(17)11-7-5-4-6-8-11/h4-8,10,12-13,15H,9H2,1-3H3/t10-,12+,13+,15-/m1/s1. The van der Waals surface area contributed by atoms with Gasteiger partial charge in [-0.05, 0) is 32.9 Å². The van der Waals surface area contributed by atoms with Gasteiger partial charge in [0, 0.05) is 6.42 Å². The van der Waals surface area contributed by atoms with Crippen LogP contribution in [0.15, 0.2) is 30.3 Å². The molecule has 0 saturated carbocycles. The van der Waals surface area contributed by atoms with E-state index >= 15 is 0 Å². The third kappa shape index (κ3) is 3.10. The SMILES string of the molecule is C[C@@H]1C[C@@H]2OC(C)(C)O[C@@H]2[C@@H](OC(=O)c2ccccc2)O1. The molecule has 1 aromatic carbocycles. The smallest absolute Gasteiger partial charge is 0.340 e. The number of ether oxygens (including phenoxy) is 4. The van der Waals surface area contributed by atoms with E-state index in [1.807, 2.05) is 26.8 Å². The predicted octanol–water partition coefficient (Wildman–Crippen LogP) is 2.50. The molecule has 5 heteroatoms. The molecule has 21 heavy (non-hydrogen) atoms. The number of fused-ring (bicyclic) bond motifs is 1. The summed E-state index contributed by atoms with van der Waals surface area (Å²) < 4.78 is 22.9. The molecule has 3 rings (SSSR count). The van der Waals surface area contributed by atoms with E-state index in [-0.39, 0.29) is 18.3 Å². The lowest BCUT2D eigenvalue weighted by Crippen LogP contribution is -2.48. The fourth-order valence-electron chi connectivity index (χ4n) is 2.81. The van der Waals surface area contributed by atoms with Crippen LogP contribution >= 0.6 is 0 Å². The van der Waals surface area contributed by atoms with Gasteiger partial charge in [0.2, 0.25) is 6.29 Å². The third-order valence-corrected chi connectivity index (χ3v) is 3.65. The fourth-order valence-corrected chi connectivity index (χ4v) is 2.81. The number of carbonyl (C=O) groups excluding carboxylic acids is 1. The molecule has 2 heterocycles. The lowest BCUT2D eigenvalue weighted by atomic mass is 10.0. The Kier molecular flexibility index (Phi) is 3.73. The second kappa shape index (κ2) is 5.40. The number of benzene rings is 1. The summed E-state index contributed by atoms with van der Waals surface area (Å²) in [5.41, 5.74) is 0.494. The van der Waals surface area contributed by atoms with Crippen LogP contribution in [0.4, 0.5) is 0 Å². The first-order valence-electron chi connectivity index (χ1n) is 7.22. The largest absolute Gasteiger partial charge is 0.429 e. The topological polar surface area (TPSA) is 54.0 Å². The highest BCUT2D eigenvalue weighted by Crippen LogP contribution is 2.37. The zero-order chi connectivity index (χ0) is 15.0. The maximum atomic E-state index is 12.2. The van der Waals surface area contributed by atoms with E-state index in [2.05, 4.69) is 0 Å². The highest BCUT2D eigenvalue weighted by atomic mass is 16.8. The number of carbonyl (C=O) groups is 1. The van der Waals surface area contributed by atoms with Crippen molar-refractivity contribution in [2.24, 2.45) is 0 Å². The van der Waals surface area contributed by atoms with Crippen molar-refractivity contribution in [3.8, 4) is 0 Å². The summed E-state index contributed by atoms with van der Waals surface area (Å²) >= 11 is 0. The van der Waals surface area contributed by atoms with Crippen LogP contribution in [0, 0.1) is 0 Å². The molecule has 0 unspecified atom stereocenters. The van der Waals surface area contributed by atoms with Gasteiger partial charge in [0.25, 0.3) is 0 Å². The maximum absolute atomic E-state index is 12.2. The molecule has 2 saturated heterocycles. The van der Waals surface area contributed by atoms with Crippen LogP contribution in [0.1, 0.15) is 37.6 Å². The Morgan fingerprint density at radius 2 is 1.95 bits per heavy atom. The Hall–Kier alpha value is -1.43. The molecule has 5 nitrogen and oxygen atoms in total. The second-order valence-corrected chi connectivity index (χ2v) is 5.96. The number of hydrogen-bond acceptors (Lipinski definition) is 5. The average molecular weight is 292 g/mol. The maximum Gasteiger partial charge on any atom is 0.340 e. The molecule has 2 aliphatic heterocycles. The first-order chi connectivity index (χ1) is 9.94. The van der Waals surface area contributed by atoms with Gasteiger partial charge in [-0.25, -0.2) is 4.79 Å². The van der Waals surface area contributed by atoms with Crippen molar-refractivity contribution in [2.45, 2.75) is 57.6 Å². The zero-order valence-corrected chi connectivity index (χ0v) is 12.4. The van der Waals surface area contributed by atoms with Crippen molar-refractivity contribution >= 4 is 5.97 Å². The van der Waals surface area contributed by atoms with Crippen molar-refractivity contribution in [1.29, 1.82) is 0 Å². The summed E-state index contributed by atoms with van der Waals surface area (Å²) in [6.45, 7) is 5.65. The summed E-state index contributed by atoms with van der Waals surface area (Å²) in [7, 11) is 0. The monoisotopic (exact) mass is 292 g/mol. The predicted molar refractivity (Wildman–Crippen MR) is 74.6 cm³/mol. The summed E-state index contributed by atoms with van der Waals surface area (Å²) in [6.07, 6.45) is -0.556. The van der Waals surface area contributed by atoms with E-state index in [1.165, 1.54) is 0 Å². The summed E-state index contributed by atoms with van der Waals surface area (Å²) in [6, 6.07) is 8.86. The van der Waals surface area contributed by atoms with Gasteiger partial charge in [0.15, 0.2) is 5.79 Å². The van der Waals surface area contributed by atoms with Gasteiger partial charge in [-0.15, -0.1) is 0 Å². The first-order valence-corrected chi connectivity index (χ1v) is 7.22. The Labute approximate surface area is 124 Å². The Balaban J connectivity index is 1.73. The minimum Gasteiger partial charge on any atom is -0.429 e. The van der Waals surface area contributed by atoms with Gasteiger partial charge in [-0.1, -0.05) is 18.2 Å². The molecule has 0 bridgehead atoms. The average Bonchev–Trinajstić information content (AvgIpc) is 2.74. The summed E-state index contributed by atoms with van der Waals surface area (Å²) in [5, 5.41) is 0. The Morgan fingerprint density at radius 3 is 2.67 bits per heavy atom. The van der Waals surface area contributed by atoms with Gasteiger partial charge < -0.3 is 18.9 Å². The quantitative estimate of drug-likeness (QED) is 0.784. The van der Waals surface area contributed by atoms with E-state index in [0.717, 1.165) is 6.42 Å². The van der Waals surface area contributed by atoms with Gasteiger partial charge in [-0.3, -0.25) is 0 Å². The number of hydrogen-bond donors (Lipinski definition) is 0. The first kappa shape index (κ1) is 14.5. The second-order valence-electron chi connectivity index (χ2n) is 5.96. The highest BCUT2D eigenvalue weighted by Gasteiger charge is 2.51. The Morgan fingerprint density at radius 1 is 1.24 bits per heavy atom.